The number of hydrogen-bond acceptors (Lipinski definition) is 4. The van der Waals surface area contributed by atoms with Crippen molar-refractivity contribution in [1.29, 1.82) is 0 Å². The van der Waals surface area contributed by atoms with E-state index in [-0.39, 0.29) is 11.9 Å². The molecule has 0 spiro atoms. The lowest BCUT2D eigenvalue weighted by molar-refractivity contribution is -0.135. The summed E-state index contributed by atoms with van der Waals surface area (Å²) in [5, 5.41) is 11.1. The van der Waals surface area contributed by atoms with E-state index in [1.54, 1.807) is 6.92 Å². The molecule has 1 unspecified atom stereocenters. The lowest BCUT2D eigenvalue weighted by Crippen LogP contribution is -2.51. The highest BCUT2D eigenvalue weighted by molar-refractivity contribution is 6.62. The van der Waals surface area contributed by atoms with Crippen molar-refractivity contribution in [3.05, 3.63) is 23.8 Å². The average Bonchev–Trinajstić information content (AvgIpc) is 3.02. The smallest absolute Gasteiger partial charge is 0.399 e. The minimum Gasteiger partial charge on any atom is -0.399 e. The van der Waals surface area contributed by atoms with Gasteiger partial charge >= 0.3 is 7.12 Å². The van der Waals surface area contributed by atoms with Crippen molar-refractivity contribution in [3.63, 3.8) is 0 Å². The third-order valence-corrected chi connectivity index (χ3v) is 9.30. The Bertz CT molecular complexity index is 897. The Balaban J connectivity index is 1.36. The number of aliphatic hydroxyl groups is 1. The van der Waals surface area contributed by atoms with Gasteiger partial charge in [0.05, 0.1) is 16.9 Å². The van der Waals surface area contributed by atoms with E-state index in [0.717, 1.165) is 29.9 Å². The topological polar surface area (TPSA) is 59.0 Å². The van der Waals surface area contributed by atoms with Crippen LogP contribution in [-0.4, -0.2) is 35.4 Å². The summed E-state index contributed by atoms with van der Waals surface area (Å²) in [7, 11) is -0.480. The minimum absolute atomic E-state index is 0.175. The van der Waals surface area contributed by atoms with Crippen molar-refractivity contribution < 1.29 is 19.2 Å². The van der Waals surface area contributed by atoms with Gasteiger partial charge in [0.2, 0.25) is 0 Å². The first-order valence-electron chi connectivity index (χ1n) is 13.1. The molecule has 1 aromatic carbocycles. The van der Waals surface area contributed by atoms with Crippen molar-refractivity contribution in [2.24, 2.45) is 11.8 Å². The Kier molecular flexibility index (Phi) is 5.74. The van der Waals surface area contributed by atoms with Gasteiger partial charge in [0.15, 0.2) is 5.60 Å². The van der Waals surface area contributed by atoms with Crippen LogP contribution in [0.5, 0.6) is 0 Å². The molecule has 2 heterocycles. The summed E-state index contributed by atoms with van der Waals surface area (Å²) < 4.78 is 12.5. The zero-order chi connectivity index (χ0) is 23.6. The number of amides is 1. The Morgan fingerprint density at radius 2 is 1.48 bits per heavy atom. The zero-order valence-corrected chi connectivity index (χ0v) is 21.0. The molecule has 1 atom stereocenters. The van der Waals surface area contributed by atoms with Gasteiger partial charge in [0.1, 0.15) is 0 Å². The first-order chi connectivity index (χ1) is 15.5. The summed E-state index contributed by atoms with van der Waals surface area (Å²) in [6, 6.07) is 6.01. The van der Waals surface area contributed by atoms with E-state index in [2.05, 4.69) is 0 Å². The fraction of sp³-hybridized carbons (Fsp3) is 0.741. The van der Waals surface area contributed by atoms with Crippen molar-refractivity contribution in [1.82, 2.24) is 0 Å². The van der Waals surface area contributed by atoms with Crippen LogP contribution in [-0.2, 0) is 19.7 Å². The molecule has 2 aliphatic heterocycles. The van der Waals surface area contributed by atoms with Crippen LogP contribution in [0, 0.1) is 11.8 Å². The number of benzene rings is 1. The predicted octanol–water partition coefficient (Wildman–Crippen LogP) is 4.68. The van der Waals surface area contributed by atoms with E-state index in [9.17, 15) is 9.90 Å². The van der Waals surface area contributed by atoms with Crippen LogP contribution in [0.3, 0.4) is 0 Å². The molecule has 0 aromatic heterocycles. The van der Waals surface area contributed by atoms with Gasteiger partial charge in [-0.25, -0.2) is 0 Å². The van der Waals surface area contributed by atoms with E-state index in [1.807, 2.05) is 50.8 Å². The van der Waals surface area contributed by atoms with E-state index in [1.165, 1.54) is 44.9 Å². The first kappa shape index (κ1) is 23.4. The Labute approximate surface area is 199 Å². The predicted molar refractivity (Wildman–Crippen MR) is 132 cm³/mol. The van der Waals surface area contributed by atoms with Gasteiger partial charge in [-0.1, -0.05) is 57.1 Å². The molecule has 1 aromatic rings. The molecular weight excluding hydrogens is 413 g/mol. The molecule has 1 N–H and O–H groups in total. The van der Waals surface area contributed by atoms with Crippen LogP contribution < -0.4 is 10.4 Å². The Morgan fingerprint density at radius 3 is 2.09 bits per heavy atom. The molecule has 3 fully saturated rings. The Morgan fingerprint density at radius 1 is 0.909 bits per heavy atom. The maximum Gasteiger partial charge on any atom is 0.494 e. The number of fused-ring (bicyclic) bond motifs is 1. The lowest BCUT2D eigenvalue weighted by atomic mass is 9.68. The molecule has 0 radical (unpaired) electrons. The van der Waals surface area contributed by atoms with Crippen LogP contribution in [0.4, 0.5) is 5.69 Å². The molecule has 1 saturated heterocycles. The maximum atomic E-state index is 13.4. The van der Waals surface area contributed by atoms with Crippen molar-refractivity contribution in [2.45, 2.75) is 115 Å². The molecule has 1 amide bonds. The molecule has 180 valence electrons. The van der Waals surface area contributed by atoms with Gasteiger partial charge in [-0.2, -0.15) is 0 Å². The second kappa shape index (κ2) is 8.10. The fourth-order valence-corrected chi connectivity index (χ4v) is 6.29. The van der Waals surface area contributed by atoms with Gasteiger partial charge < -0.3 is 19.3 Å². The maximum absolute atomic E-state index is 13.4. The monoisotopic (exact) mass is 453 g/mol. The lowest BCUT2D eigenvalue weighted by Gasteiger charge is -2.45. The first-order valence-corrected chi connectivity index (χ1v) is 13.1. The summed E-state index contributed by atoms with van der Waals surface area (Å²) in [6.07, 6.45) is 11.6. The number of nitrogens with zero attached hydrogens (tertiary/aromatic N) is 1. The summed E-state index contributed by atoms with van der Waals surface area (Å²) >= 11 is 0. The number of anilines is 1. The zero-order valence-electron chi connectivity index (χ0n) is 21.0. The molecule has 2 saturated carbocycles. The highest BCUT2D eigenvalue weighted by Crippen LogP contribution is 2.49. The SMILES string of the molecule is CC1(O)C(=O)N(C2CC(C3CCCCCCC3)C2)c2cc(B3OC(C)(C)C(C)(C)O3)ccc21. The minimum atomic E-state index is -1.48. The molecule has 2 aliphatic carbocycles. The summed E-state index contributed by atoms with van der Waals surface area (Å²) in [4.78, 5) is 15.2. The van der Waals surface area contributed by atoms with E-state index in [4.69, 9.17) is 9.31 Å². The number of carbonyl (C=O) groups excluding carboxylic acids is 1. The van der Waals surface area contributed by atoms with E-state index >= 15 is 0 Å². The van der Waals surface area contributed by atoms with Crippen LogP contribution in [0.15, 0.2) is 18.2 Å². The largest absolute Gasteiger partial charge is 0.494 e. The highest BCUT2D eigenvalue weighted by atomic mass is 16.7. The molecule has 33 heavy (non-hydrogen) atoms. The van der Waals surface area contributed by atoms with E-state index < -0.39 is 23.9 Å². The van der Waals surface area contributed by atoms with Gasteiger partial charge in [0, 0.05) is 11.6 Å². The molecule has 0 bridgehead atoms. The third-order valence-electron chi connectivity index (χ3n) is 9.30. The van der Waals surface area contributed by atoms with Crippen LogP contribution in [0.2, 0.25) is 0 Å². The van der Waals surface area contributed by atoms with Gasteiger partial charge in [0.25, 0.3) is 5.91 Å². The number of hydrogen-bond donors (Lipinski definition) is 1. The van der Waals surface area contributed by atoms with Gasteiger partial charge in [-0.05, 0) is 70.8 Å². The fourth-order valence-electron chi connectivity index (χ4n) is 6.29. The molecule has 5 rings (SSSR count). The summed E-state index contributed by atoms with van der Waals surface area (Å²) in [6.45, 7) is 9.82. The normalized spacial score (nSPS) is 34.1. The molecule has 4 aliphatic rings. The quantitative estimate of drug-likeness (QED) is 0.676. The number of rotatable bonds is 3. The molecule has 6 heteroatoms. The number of carbonyl (C=O) groups is 1. The third kappa shape index (κ3) is 3.86. The van der Waals surface area contributed by atoms with Gasteiger partial charge in [-0.15, -0.1) is 0 Å². The van der Waals surface area contributed by atoms with E-state index in [0.29, 0.717) is 11.5 Å². The van der Waals surface area contributed by atoms with Crippen LogP contribution in [0.25, 0.3) is 0 Å². The molecular formula is C27H40BNO4. The molecule has 5 nitrogen and oxygen atoms in total. The van der Waals surface area contributed by atoms with Crippen molar-refractivity contribution in [3.8, 4) is 0 Å². The van der Waals surface area contributed by atoms with Crippen LogP contribution in [0.1, 0.15) is 98.0 Å². The van der Waals surface area contributed by atoms with Crippen LogP contribution >= 0.6 is 0 Å². The Hall–Kier alpha value is -1.37. The average molecular weight is 453 g/mol. The standard InChI is InChI=1S/C27H40BNO4/c1-25(2)26(3,4)33-28(32-25)20-13-14-22-23(17-20)29(24(30)27(22,5)31)21-15-19(16-21)18-11-9-7-6-8-10-12-18/h13-14,17-19,21,31H,6-12,15-16H2,1-5H3. The van der Waals surface area contributed by atoms with Crippen molar-refractivity contribution >= 4 is 24.2 Å². The van der Waals surface area contributed by atoms with Crippen molar-refractivity contribution in [2.75, 3.05) is 4.90 Å². The summed E-state index contributed by atoms with van der Waals surface area (Å²) in [5.41, 5.74) is 0.112. The van der Waals surface area contributed by atoms with Gasteiger partial charge in [-0.3, -0.25) is 4.79 Å². The second-order valence-corrected chi connectivity index (χ2v) is 12.1. The second-order valence-electron chi connectivity index (χ2n) is 12.1. The summed E-state index contributed by atoms with van der Waals surface area (Å²) in [5.74, 6) is 1.32. The highest BCUT2D eigenvalue weighted by Gasteiger charge is 2.54.